The third-order valence-electron chi connectivity index (χ3n) is 3.33. The second kappa shape index (κ2) is 7.88. The lowest BCUT2D eigenvalue weighted by molar-refractivity contribution is 0.168. The van der Waals surface area contributed by atoms with Crippen molar-refractivity contribution in [2.45, 2.75) is 27.4 Å². The number of carbonyl (C=O) groups is 1. The van der Waals surface area contributed by atoms with Crippen LogP contribution >= 0.6 is 11.6 Å². The van der Waals surface area contributed by atoms with Crippen LogP contribution in [0.25, 0.3) is 0 Å². The van der Waals surface area contributed by atoms with Gasteiger partial charge in [-0.3, -0.25) is 5.32 Å². The van der Waals surface area contributed by atoms with Crippen molar-refractivity contribution in [2.24, 2.45) is 0 Å². The number of halogens is 1. The maximum Gasteiger partial charge on any atom is 0.411 e. The molecule has 0 aliphatic heterocycles. The van der Waals surface area contributed by atoms with Crippen LogP contribution in [0.3, 0.4) is 0 Å². The highest BCUT2D eigenvalue weighted by molar-refractivity contribution is 6.31. The lowest BCUT2D eigenvalue weighted by Gasteiger charge is -2.15. The van der Waals surface area contributed by atoms with Gasteiger partial charge in [-0.25, -0.2) is 4.79 Å². The maximum absolute atomic E-state index is 11.6. The van der Waals surface area contributed by atoms with Crippen LogP contribution in [0.15, 0.2) is 36.4 Å². The number of carbonyl (C=O) groups excluding carboxylic acids is 1. The van der Waals surface area contributed by atoms with Crippen molar-refractivity contribution >= 4 is 23.4 Å². The zero-order valence-electron chi connectivity index (χ0n) is 13.5. The molecule has 0 saturated carbocycles. The predicted molar refractivity (Wildman–Crippen MR) is 92.3 cm³/mol. The topological polar surface area (TPSA) is 47.6 Å². The number of hydrogen-bond acceptors (Lipinski definition) is 3. The number of amides is 1. The summed E-state index contributed by atoms with van der Waals surface area (Å²) in [6, 6.07) is 11.3. The molecule has 2 rings (SSSR count). The van der Waals surface area contributed by atoms with Crippen molar-refractivity contribution in [3.05, 3.63) is 58.1 Å². The lowest BCUT2D eigenvalue weighted by Crippen LogP contribution is -2.15. The van der Waals surface area contributed by atoms with Crippen LogP contribution in [0.4, 0.5) is 10.5 Å². The molecule has 0 unspecified atom stereocenters. The summed E-state index contributed by atoms with van der Waals surface area (Å²) in [7, 11) is 0. The third kappa shape index (κ3) is 4.63. The Morgan fingerprint density at radius 2 is 2.00 bits per heavy atom. The Hall–Kier alpha value is -2.20. The lowest BCUT2D eigenvalue weighted by atomic mass is 10.1. The summed E-state index contributed by atoms with van der Waals surface area (Å²) in [5, 5.41) is 3.22. The Kier molecular flexibility index (Phi) is 5.88. The molecular formula is C18H20ClNO3. The standard InChI is InChI=1S/C18H20ClNO3/c1-4-22-18(21)20-16-7-5-6-15(19)14(16)11-23-17-9-8-12(2)10-13(17)3/h5-10H,4,11H2,1-3H3,(H,20,21). The van der Waals surface area contributed by atoms with Gasteiger partial charge in [0.15, 0.2) is 0 Å². The first-order chi connectivity index (χ1) is 11.0. The van der Waals surface area contributed by atoms with Gasteiger partial charge in [-0.15, -0.1) is 0 Å². The molecule has 0 heterocycles. The summed E-state index contributed by atoms with van der Waals surface area (Å²) in [6.45, 7) is 6.34. The second-order valence-corrected chi connectivity index (χ2v) is 5.58. The summed E-state index contributed by atoms with van der Waals surface area (Å²) in [6.07, 6.45) is -0.512. The first-order valence-electron chi connectivity index (χ1n) is 7.42. The molecule has 5 heteroatoms. The molecule has 0 fully saturated rings. The van der Waals surface area contributed by atoms with Crippen LogP contribution in [0.2, 0.25) is 5.02 Å². The van der Waals surface area contributed by atoms with Crippen molar-refractivity contribution in [1.82, 2.24) is 0 Å². The summed E-state index contributed by atoms with van der Waals surface area (Å²) >= 11 is 6.25. The highest BCUT2D eigenvalue weighted by Gasteiger charge is 2.12. The van der Waals surface area contributed by atoms with Crippen LogP contribution in [0, 0.1) is 13.8 Å². The van der Waals surface area contributed by atoms with Gasteiger partial charge in [-0.1, -0.05) is 35.4 Å². The van der Waals surface area contributed by atoms with Crippen molar-refractivity contribution in [3.8, 4) is 5.75 Å². The number of anilines is 1. The highest BCUT2D eigenvalue weighted by atomic mass is 35.5. The maximum atomic E-state index is 11.6. The van der Waals surface area contributed by atoms with E-state index in [0.29, 0.717) is 22.9 Å². The van der Waals surface area contributed by atoms with E-state index >= 15 is 0 Å². The van der Waals surface area contributed by atoms with Gasteiger partial charge in [-0.05, 0) is 44.5 Å². The molecule has 0 spiro atoms. The molecule has 0 bridgehead atoms. The van der Waals surface area contributed by atoms with Gasteiger partial charge in [-0.2, -0.15) is 0 Å². The third-order valence-corrected chi connectivity index (χ3v) is 3.69. The normalized spacial score (nSPS) is 10.3. The molecule has 0 aliphatic carbocycles. The number of hydrogen-bond donors (Lipinski definition) is 1. The van der Waals surface area contributed by atoms with E-state index in [0.717, 1.165) is 11.3 Å². The number of nitrogens with one attached hydrogen (secondary N) is 1. The fourth-order valence-corrected chi connectivity index (χ4v) is 2.44. The van der Waals surface area contributed by atoms with E-state index in [1.54, 1.807) is 25.1 Å². The van der Waals surface area contributed by atoms with Crippen LogP contribution in [0.5, 0.6) is 5.75 Å². The first kappa shape index (κ1) is 17.2. The zero-order valence-corrected chi connectivity index (χ0v) is 14.2. The van der Waals surface area contributed by atoms with E-state index in [2.05, 4.69) is 11.4 Å². The monoisotopic (exact) mass is 333 g/mol. The Morgan fingerprint density at radius 1 is 1.22 bits per heavy atom. The summed E-state index contributed by atoms with van der Waals surface area (Å²) < 4.78 is 10.8. The first-order valence-corrected chi connectivity index (χ1v) is 7.80. The molecule has 4 nitrogen and oxygen atoms in total. The van der Waals surface area contributed by atoms with E-state index < -0.39 is 6.09 Å². The predicted octanol–water partition coefficient (Wildman–Crippen LogP) is 5.10. The summed E-state index contributed by atoms with van der Waals surface area (Å²) in [5.74, 6) is 0.789. The zero-order chi connectivity index (χ0) is 16.8. The Labute approximate surface area is 141 Å². The quantitative estimate of drug-likeness (QED) is 0.827. The summed E-state index contributed by atoms with van der Waals surface area (Å²) in [5.41, 5.74) is 3.53. The van der Waals surface area contributed by atoms with Gasteiger partial charge in [0, 0.05) is 10.6 Å². The minimum Gasteiger partial charge on any atom is -0.488 e. The van der Waals surface area contributed by atoms with Crippen molar-refractivity contribution in [3.63, 3.8) is 0 Å². The van der Waals surface area contributed by atoms with Crippen molar-refractivity contribution in [2.75, 3.05) is 11.9 Å². The molecule has 0 saturated heterocycles. The average molecular weight is 334 g/mol. The number of benzene rings is 2. The highest BCUT2D eigenvalue weighted by Crippen LogP contribution is 2.27. The second-order valence-electron chi connectivity index (χ2n) is 5.17. The fourth-order valence-electron chi connectivity index (χ4n) is 2.21. The molecule has 122 valence electrons. The van der Waals surface area contributed by atoms with E-state index in [-0.39, 0.29) is 6.61 Å². The van der Waals surface area contributed by atoms with E-state index in [4.69, 9.17) is 21.1 Å². The molecule has 2 aromatic rings. The minimum atomic E-state index is -0.512. The molecule has 0 aliphatic rings. The van der Waals surface area contributed by atoms with E-state index in [1.165, 1.54) is 5.56 Å². The number of ether oxygens (including phenoxy) is 2. The Morgan fingerprint density at radius 3 is 2.70 bits per heavy atom. The average Bonchev–Trinajstić information content (AvgIpc) is 2.48. The molecule has 0 radical (unpaired) electrons. The fraction of sp³-hybridized carbons (Fsp3) is 0.278. The number of aryl methyl sites for hydroxylation is 2. The van der Waals surface area contributed by atoms with Gasteiger partial charge in [0.25, 0.3) is 0 Å². The van der Waals surface area contributed by atoms with Gasteiger partial charge >= 0.3 is 6.09 Å². The molecule has 0 aromatic heterocycles. The molecule has 0 atom stereocenters. The van der Waals surface area contributed by atoms with E-state index in [9.17, 15) is 4.79 Å². The molecular weight excluding hydrogens is 314 g/mol. The van der Waals surface area contributed by atoms with Crippen molar-refractivity contribution < 1.29 is 14.3 Å². The Balaban J connectivity index is 2.16. The van der Waals surface area contributed by atoms with E-state index in [1.807, 2.05) is 26.0 Å². The molecule has 23 heavy (non-hydrogen) atoms. The van der Waals surface area contributed by atoms with Crippen LogP contribution in [-0.2, 0) is 11.3 Å². The van der Waals surface area contributed by atoms with Gasteiger partial charge in [0.1, 0.15) is 12.4 Å². The van der Waals surface area contributed by atoms with Gasteiger partial charge in [0.2, 0.25) is 0 Å². The van der Waals surface area contributed by atoms with Gasteiger partial charge < -0.3 is 9.47 Å². The Bertz CT molecular complexity index is 701. The summed E-state index contributed by atoms with van der Waals surface area (Å²) in [4.78, 5) is 11.6. The largest absolute Gasteiger partial charge is 0.488 e. The minimum absolute atomic E-state index is 0.255. The van der Waals surface area contributed by atoms with Crippen molar-refractivity contribution in [1.29, 1.82) is 0 Å². The SMILES string of the molecule is CCOC(=O)Nc1cccc(Cl)c1COc1ccc(C)cc1C. The van der Waals surface area contributed by atoms with Gasteiger partial charge in [0.05, 0.1) is 12.3 Å². The molecule has 1 N–H and O–H groups in total. The number of rotatable bonds is 5. The molecule has 2 aromatic carbocycles. The van der Waals surface area contributed by atoms with Crippen LogP contribution in [0.1, 0.15) is 23.6 Å². The van der Waals surface area contributed by atoms with Crippen LogP contribution < -0.4 is 10.1 Å². The molecule has 1 amide bonds. The smallest absolute Gasteiger partial charge is 0.411 e. The van der Waals surface area contributed by atoms with Crippen LogP contribution in [-0.4, -0.2) is 12.7 Å².